The summed E-state index contributed by atoms with van der Waals surface area (Å²) in [5, 5.41) is 0. The van der Waals surface area contributed by atoms with Gasteiger partial charge in [-0.05, 0) is 43.5 Å². The minimum absolute atomic E-state index is 0.755. The largest absolute Gasteiger partial charge is 0.378 e. The lowest BCUT2D eigenvalue weighted by molar-refractivity contribution is 0.122. The normalized spacial score (nSPS) is 21.2. The van der Waals surface area contributed by atoms with Crippen LogP contribution < -0.4 is 19.6 Å². The smallest absolute Gasteiger partial charge is 0.229 e. The first kappa shape index (κ1) is 24.1. The van der Waals surface area contributed by atoms with Crippen molar-refractivity contribution in [2.24, 2.45) is 0 Å². The molecule has 0 bridgehead atoms. The average Bonchev–Trinajstić information content (AvgIpc) is 2.98. The van der Waals surface area contributed by atoms with Crippen LogP contribution in [0.4, 0.5) is 23.3 Å². The number of allylic oxidation sites excluding steroid dienone is 3. The van der Waals surface area contributed by atoms with Gasteiger partial charge in [0.15, 0.2) is 0 Å². The van der Waals surface area contributed by atoms with E-state index in [9.17, 15) is 0 Å². The van der Waals surface area contributed by atoms with Crippen LogP contribution in [0.3, 0.4) is 0 Å². The van der Waals surface area contributed by atoms with Gasteiger partial charge in [-0.1, -0.05) is 24.3 Å². The first-order valence-corrected chi connectivity index (χ1v) is 13.9. The van der Waals surface area contributed by atoms with Gasteiger partial charge in [0.05, 0.1) is 13.2 Å². The molecule has 2 aromatic rings. The van der Waals surface area contributed by atoms with E-state index < -0.39 is 0 Å². The molecule has 0 unspecified atom stereocenters. The van der Waals surface area contributed by atoms with Crippen molar-refractivity contribution >= 4 is 23.3 Å². The number of aromatic nitrogens is 2. The third-order valence-electron chi connectivity index (χ3n) is 8.05. The Morgan fingerprint density at radius 1 is 0.676 bits per heavy atom. The van der Waals surface area contributed by atoms with E-state index in [0.29, 0.717) is 0 Å². The van der Waals surface area contributed by atoms with Gasteiger partial charge in [0.1, 0.15) is 11.6 Å². The molecule has 1 aliphatic carbocycles. The van der Waals surface area contributed by atoms with Crippen LogP contribution in [0, 0.1) is 0 Å². The fourth-order valence-electron chi connectivity index (χ4n) is 5.79. The summed E-state index contributed by atoms with van der Waals surface area (Å²) >= 11 is 0. The molecule has 37 heavy (non-hydrogen) atoms. The quantitative estimate of drug-likeness (QED) is 0.618. The fraction of sp³-hybridized carbons (Fsp3) is 0.517. The summed E-state index contributed by atoms with van der Waals surface area (Å²) in [7, 11) is 0. The van der Waals surface area contributed by atoms with Gasteiger partial charge in [0.25, 0.3) is 0 Å². The second kappa shape index (κ2) is 11.0. The SMILES string of the molecule is CC1=C(N2CCN(c3nc(N4CCOCC4)cc(N4CCN(c5ccccc5)CC4)n3)CC2)C=CCC1. The molecule has 0 spiro atoms. The fourth-order valence-corrected chi connectivity index (χ4v) is 5.79. The number of para-hydroxylation sites is 1. The molecule has 8 heteroatoms. The lowest BCUT2D eigenvalue weighted by atomic mass is 10.0. The topological polar surface area (TPSA) is 51.2 Å². The van der Waals surface area contributed by atoms with Crippen molar-refractivity contribution in [2.45, 2.75) is 19.8 Å². The van der Waals surface area contributed by atoms with Gasteiger partial charge in [-0.15, -0.1) is 0 Å². The van der Waals surface area contributed by atoms with Crippen LogP contribution in [-0.2, 0) is 4.74 Å². The van der Waals surface area contributed by atoms with Crippen LogP contribution in [0.2, 0.25) is 0 Å². The van der Waals surface area contributed by atoms with Gasteiger partial charge in [0, 0.05) is 82.9 Å². The number of benzene rings is 1. The first-order chi connectivity index (χ1) is 18.2. The molecule has 0 amide bonds. The van der Waals surface area contributed by atoms with Crippen LogP contribution in [-0.4, -0.2) is 93.5 Å². The molecule has 0 radical (unpaired) electrons. The number of rotatable bonds is 5. The molecule has 0 atom stereocenters. The summed E-state index contributed by atoms with van der Waals surface area (Å²) in [6.45, 7) is 13.4. The predicted molar refractivity (Wildman–Crippen MR) is 151 cm³/mol. The van der Waals surface area contributed by atoms with Crippen molar-refractivity contribution in [2.75, 3.05) is 98.3 Å². The molecule has 6 rings (SSSR count). The van der Waals surface area contributed by atoms with Gasteiger partial charge >= 0.3 is 0 Å². The van der Waals surface area contributed by atoms with Crippen molar-refractivity contribution in [3.63, 3.8) is 0 Å². The Kier molecular flexibility index (Phi) is 7.17. The maximum absolute atomic E-state index is 5.62. The first-order valence-electron chi connectivity index (χ1n) is 13.9. The van der Waals surface area contributed by atoms with Crippen LogP contribution >= 0.6 is 0 Å². The summed E-state index contributed by atoms with van der Waals surface area (Å²) in [4.78, 5) is 22.4. The van der Waals surface area contributed by atoms with Crippen molar-refractivity contribution in [1.82, 2.24) is 14.9 Å². The summed E-state index contributed by atoms with van der Waals surface area (Å²) < 4.78 is 5.62. The van der Waals surface area contributed by atoms with Crippen LogP contribution in [0.15, 0.2) is 59.8 Å². The van der Waals surface area contributed by atoms with Crippen LogP contribution in [0.1, 0.15) is 19.8 Å². The Bertz CT molecular complexity index is 1110. The number of morpholine rings is 1. The Morgan fingerprint density at radius 2 is 1.27 bits per heavy atom. The van der Waals surface area contributed by atoms with E-state index in [1.807, 2.05) is 0 Å². The van der Waals surface area contributed by atoms with E-state index >= 15 is 0 Å². The van der Waals surface area contributed by atoms with E-state index in [-0.39, 0.29) is 0 Å². The molecule has 3 aliphatic heterocycles. The van der Waals surface area contributed by atoms with Crippen molar-refractivity contribution in [3.8, 4) is 0 Å². The highest BCUT2D eigenvalue weighted by Gasteiger charge is 2.26. The third kappa shape index (κ3) is 5.39. The number of anilines is 4. The van der Waals surface area contributed by atoms with Gasteiger partial charge in [-0.25, -0.2) is 0 Å². The van der Waals surface area contributed by atoms with Gasteiger partial charge < -0.3 is 29.2 Å². The molecular formula is C29H39N7O. The highest BCUT2D eigenvalue weighted by Crippen LogP contribution is 2.28. The lowest BCUT2D eigenvalue weighted by Gasteiger charge is -2.39. The summed E-state index contributed by atoms with van der Waals surface area (Å²) in [5.74, 6) is 2.95. The van der Waals surface area contributed by atoms with Gasteiger partial charge in [-0.2, -0.15) is 9.97 Å². The zero-order valence-electron chi connectivity index (χ0n) is 22.1. The molecule has 0 saturated carbocycles. The Labute approximate surface area is 220 Å². The highest BCUT2D eigenvalue weighted by molar-refractivity contribution is 5.57. The number of hydrogen-bond donors (Lipinski definition) is 0. The number of nitrogens with zero attached hydrogens (tertiary/aromatic N) is 7. The van der Waals surface area contributed by atoms with E-state index in [4.69, 9.17) is 14.7 Å². The van der Waals surface area contributed by atoms with E-state index in [1.165, 1.54) is 29.8 Å². The van der Waals surface area contributed by atoms with Gasteiger partial charge in [0.2, 0.25) is 5.95 Å². The number of piperazine rings is 2. The second-order valence-electron chi connectivity index (χ2n) is 10.4. The van der Waals surface area contributed by atoms with E-state index in [1.54, 1.807) is 0 Å². The molecule has 1 aromatic heterocycles. The molecule has 196 valence electrons. The third-order valence-corrected chi connectivity index (χ3v) is 8.05. The molecule has 4 aliphatic rings. The minimum Gasteiger partial charge on any atom is -0.378 e. The van der Waals surface area contributed by atoms with Crippen molar-refractivity contribution < 1.29 is 4.74 Å². The summed E-state index contributed by atoms with van der Waals surface area (Å²) in [6, 6.07) is 12.9. The number of hydrogen-bond acceptors (Lipinski definition) is 8. The van der Waals surface area contributed by atoms with Gasteiger partial charge in [-0.3, -0.25) is 0 Å². The molecule has 1 aromatic carbocycles. The molecule has 3 saturated heterocycles. The second-order valence-corrected chi connectivity index (χ2v) is 10.4. The van der Waals surface area contributed by atoms with Crippen molar-refractivity contribution in [3.05, 3.63) is 59.8 Å². The Morgan fingerprint density at radius 3 is 1.95 bits per heavy atom. The molecule has 0 N–H and O–H groups in total. The molecular weight excluding hydrogens is 462 g/mol. The average molecular weight is 502 g/mol. The molecule has 4 heterocycles. The highest BCUT2D eigenvalue weighted by atomic mass is 16.5. The molecule has 3 fully saturated rings. The van der Waals surface area contributed by atoms with Crippen molar-refractivity contribution in [1.29, 1.82) is 0 Å². The zero-order chi connectivity index (χ0) is 25.0. The van der Waals surface area contributed by atoms with E-state index in [0.717, 1.165) is 96.2 Å². The monoisotopic (exact) mass is 501 g/mol. The minimum atomic E-state index is 0.755. The standard InChI is InChI=1S/C29H39N7O/c1-24-7-5-6-10-26(24)33-13-17-36(18-14-33)29-30-27(23-28(31-29)35-19-21-37-22-20-35)34-15-11-32(12-16-34)25-8-3-2-4-9-25/h2-4,6,8-10,23H,5,7,11-22H2,1H3. The Hall–Kier alpha value is -3.26. The maximum atomic E-state index is 5.62. The summed E-state index contributed by atoms with van der Waals surface area (Å²) in [6.07, 6.45) is 6.97. The van der Waals surface area contributed by atoms with E-state index in [2.05, 4.69) is 80.0 Å². The molecule has 8 nitrogen and oxygen atoms in total. The van der Waals surface area contributed by atoms with Crippen LogP contribution in [0.25, 0.3) is 0 Å². The number of ether oxygens (including phenoxy) is 1. The zero-order valence-corrected chi connectivity index (χ0v) is 22.1. The lowest BCUT2D eigenvalue weighted by Crippen LogP contribution is -2.48. The predicted octanol–water partition coefficient (Wildman–Crippen LogP) is 3.39. The Balaban J connectivity index is 1.19. The van der Waals surface area contributed by atoms with Crippen LogP contribution in [0.5, 0.6) is 0 Å². The summed E-state index contributed by atoms with van der Waals surface area (Å²) in [5.41, 5.74) is 4.24. The maximum Gasteiger partial charge on any atom is 0.229 e.